The van der Waals surface area contributed by atoms with Gasteiger partial charge in [0, 0.05) is 13.0 Å². The zero-order valence-corrected chi connectivity index (χ0v) is 39.5. The van der Waals surface area contributed by atoms with Crippen molar-refractivity contribution in [3.05, 3.63) is 60.8 Å². The molecule has 1 unspecified atom stereocenters. The maximum absolute atomic E-state index is 12.3. The van der Waals surface area contributed by atoms with Crippen molar-refractivity contribution in [1.82, 2.24) is 0 Å². The number of carbonyl (C=O) groups is 1. The van der Waals surface area contributed by atoms with E-state index >= 15 is 0 Å². The zero-order chi connectivity index (χ0) is 42.6. The Labute approximate surface area is 368 Å². The van der Waals surface area contributed by atoms with Crippen LogP contribution in [0, 0.1) is 0 Å². The Balaban J connectivity index is 3.43. The summed E-state index contributed by atoms with van der Waals surface area (Å²) in [5, 5.41) is 9.65. The van der Waals surface area contributed by atoms with E-state index in [1.165, 1.54) is 199 Å². The minimum atomic E-state index is -0.543. The first-order chi connectivity index (χ1) is 29.2. The maximum Gasteiger partial charge on any atom is 0.306 e. The van der Waals surface area contributed by atoms with E-state index in [0.717, 1.165) is 38.5 Å². The Morgan fingerprint density at radius 2 is 0.712 bits per heavy atom. The third-order valence-corrected chi connectivity index (χ3v) is 11.3. The van der Waals surface area contributed by atoms with E-state index in [4.69, 9.17) is 9.47 Å². The first-order valence-electron chi connectivity index (χ1n) is 25.9. The highest BCUT2D eigenvalue weighted by Gasteiger charge is 2.13. The van der Waals surface area contributed by atoms with Crippen LogP contribution < -0.4 is 0 Å². The number of hydrogen-bond donors (Lipinski definition) is 1. The molecule has 0 aliphatic carbocycles. The van der Waals surface area contributed by atoms with Crippen LogP contribution in [0.3, 0.4) is 0 Å². The quantitative estimate of drug-likeness (QED) is 0.0377. The van der Waals surface area contributed by atoms with Crippen LogP contribution in [0.1, 0.15) is 258 Å². The van der Waals surface area contributed by atoms with Gasteiger partial charge in [0.15, 0.2) is 0 Å². The number of aliphatic hydroxyl groups is 1. The third kappa shape index (κ3) is 50.3. The summed E-state index contributed by atoms with van der Waals surface area (Å²) in [6, 6.07) is 0. The normalized spacial score (nSPS) is 12.8. The van der Waals surface area contributed by atoms with Crippen molar-refractivity contribution in [3.63, 3.8) is 0 Å². The highest BCUT2D eigenvalue weighted by atomic mass is 16.6. The van der Waals surface area contributed by atoms with E-state index in [9.17, 15) is 9.90 Å². The summed E-state index contributed by atoms with van der Waals surface area (Å²) in [4.78, 5) is 12.3. The van der Waals surface area contributed by atoms with Crippen molar-refractivity contribution in [2.24, 2.45) is 0 Å². The van der Waals surface area contributed by atoms with Crippen LogP contribution in [-0.2, 0) is 14.3 Å². The number of carbonyl (C=O) groups excluding carboxylic acids is 1. The summed E-state index contributed by atoms with van der Waals surface area (Å²) < 4.78 is 11.2. The largest absolute Gasteiger partial charge is 0.457 e. The first-order valence-corrected chi connectivity index (χ1v) is 25.9. The van der Waals surface area contributed by atoms with E-state index in [1.54, 1.807) is 0 Å². The van der Waals surface area contributed by atoms with Crippen LogP contribution in [0.4, 0.5) is 0 Å². The van der Waals surface area contributed by atoms with Crippen LogP contribution in [0.2, 0.25) is 0 Å². The molecule has 0 aromatic rings. The van der Waals surface area contributed by atoms with Gasteiger partial charge in [0.2, 0.25) is 0 Å². The predicted molar refractivity (Wildman–Crippen MR) is 260 cm³/mol. The molecule has 0 aliphatic heterocycles. The Morgan fingerprint density at radius 1 is 0.407 bits per heavy atom. The molecule has 0 rings (SSSR count). The Kier molecular flexibility index (Phi) is 50.5. The van der Waals surface area contributed by atoms with Crippen LogP contribution in [0.15, 0.2) is 60.8 Å². The molecule has 0 bridgehead atoms. The van der Waals surface area contributed by atoms with Gasteiger partial charge in [-0.25, -0.2) is 0 Å². The first kappa shape index (κ1) is 57.1. The molecule has 0 aromatic carbocycles. The number of aliphatic hydroxyl groups excluding tert-OH is 1. The average Bonchev–Trinajstić information content (AvgIpc) is 3.24. The van der Waals surface area contributed by atoms with E-state index in [1.807, 2.05) is 0 Å². The van der Waals surface area contributed by atoms with Crippen molar-refractivity contribution in [1.29, 1.82) is 0 Å². The van der Waals surface area contributed by atoms with Gasteiger partial charge in [0.1, 0.15) is 6.10 Å². The maximum atomic E-state index is 12.3. The van der Waals surface area contributed by atoms with Gasteiger partial charge in [-0.15, -0.1) is 0 Å². The summed E-state index contributed by atoms with van der Waals surface area (Å²) in [5.41, 5.74) is 0. The highest BCUT2D eigenvalue weighted by molar-refractivity contribution is 5.69. The summed E-state index contributed by atoms with van der Waals surface area (Å²) in [6.45, 7) is 5.32. The van der Waals surface area contributed by atoms with Crippen molar-refractivity contribution in [2.45, 2.75) is 264 Å². The lowest BCUT2D eigenvalue weighted by Crippen LogP contribution is -2.27. The van der Waals surface area contributed by atoms with Gasteiger partial charge >= 0.3 is 5.97 Å². The molecule has 1 atom stereocenters. The second kappa shape index (κ2) is 52.2. The summed E-state index contributed by atoms with van der Waals surface area (Å²) >= 11 is 0. The fourth-order valence-electron chi connectivity index (χ4n) is 7.43. The Morgan fingerprint density at radius 3 is 1.07 bits per heavy atom. The smallest absolute Gasteiger partial charge is 0.306 e. The molecular weight excluding hydrogens is 725 g/mol. The van der Waals surface area contributed by atoms with E-state index in [0.29, 0.717) is 13.0 Å². The predicted octanol–water partition coefficient (Wildman–Crippen LogP) is 17.6. The third-order valence-electron chi connectivity index (χ3n) is 11.3. The van der Waals surface area contributed by atoms with Gasteiger partial charge in [-0.2, -0.15) is 0 Å². The lowest BCUT2D eigenvalue weighted by atomic mass is 10.0. The van der Waals surface area contributed by atoms with Gasteiger partial charge in [-0.3, -0.25) is 4.79 Å². The van der Waals surface area contributed by atoms with Gasteiger partial charge in [0.05, 0.1) is 13.2 Å². The number of esters is 1. The van der Waals surface area contributed by atoms with Crippen molar-refractivity contribution < 1.29 is 19.4 Å². The number of unbranched alkanes of at least 4 members (excludes halogenated alkanes) is 30. The number of ether oxygens (including phenoxy) is 2. The molecule has 0 radical (unpaired) electrons. The van der Waals surface area contributed by atoms with E-state index < -0.39 is 6.10 Å². The molecule has 4 nitrogen and oxygen atoms in total. The zero-order valence-electron chi connectivity index (χ0n) is 39.5. The van der Waals surface area contributed by atoms with Crippen molar-refractivity contribution >= 4 is 5.97 Å². The molecule has 0 saturated carbocycles. The fourth-order valence-corrected chi connectivity index (χ4v) is 7.43. The van der Waals surface area contributed by atoms with Gasteiger partial charge in [0.25, 0.3) is 0 Å². The number of hydrogen-bond acceptors (Lipinski definition) is 4. The lowest BCUT2D eigenvalue weighted by molar-refractivity contribution is -0.154. The average molecular weight is 825 g/mol. The molecule has 0 amide bonds. The standard InChI is InChI=1S/C55H100O4/c1-3-5-7-9-11-13-15-17-19-21-23-25-27-28-29-30-32-34-36-38-40-42-44-46-48-50-55(57)59-54(52-56)53-58-51-49-47-45-43-41-39-37-35-33-31-26-24-22-20-18-16-14-12-10-8-6-4-2/h15-18,21-24,31,33,54,56H,3-14,19-20,25-30,32,34-53H2,1-2H3/b17-15-,18-16-,23-21-,24-22-,33-31-. The van der Waals surface area contributed by atoms with E-state index in [-0.39, 0.29) is 19.2 Å². The number of allylic oxidation sites excluding steroid dienone is 10. The van der Waals surface area contributed by atoms with Crippen LogP contribution in [0.25, 0.3) is 0 Å². The van der Waals surface area contributed by atoms with Gasteiger partial charge in [-0.1, -0.05) is 229 Å². The molecule has 0 saturated heterocycles. The molecular formula is C55H100O4. The minimum Gasteiger partial charge on any atom is -0.457 e. The molecule has 0 aliphatic rings. The Bertz CT molecular complexity index is 962. The molecule has 0 spiro atoms. The highest BCUT2D eigenvalue weighted by Crippen LogP contribution is 2.15. The van der Waals surface area contributed by atoms with Crippen LogP contribution in [-0.4, -0.2) is 37.0 Å². The second-order valence-electron chi connectivity index (χ2n) is 17.2. The van der Waals surface area contributed by atoms with Gasteiger partial charge < -0.3 is 14.6 Å². The molecule has 0 fully saturated rings. The summed E-state index contributed by atoms with van der Waals surface area (Å²) in [6.07, 6.45) is 70.2. The van der Waals surface area contributed by atoms with Crippen LogP contribution >= 0.6 is 0 Å². The molecule has 0 aromatic heterocycles. The molecule has 4 heteroatoms. The number of rotatable bonds is 48. The SMILES string of the molecule is CCCCCCC/C=C\C/C=C\C/C=C\CCCCCCCCCOCC(CO)OC(=O)CCCCCCCCCCCCCCC/C=C\C/C=C\CCCCCCC. The summed E-state index contributed by atoms with van der Waals surface area (Å²) in [5.74, 6) is -0.204. The monoisotopic (exact) mass is 825 g/mol. The van der Waals surface area contributed by atoms with Crippen molar-refractivity contribution in [2.75, 3.05) is 19.8 Å². The lowest BCUT2D eigenvalue weighted by Gasteiger charge is -2.16. The molecule has 1 N–H and O–H groups in total. The molecule has 344 valence electrons. The minimum absolute atomic E-state index is 0.177. The Hall–Kier alpha value is -1.91. The molecule has 59 heavy (non-hydrogen) atoms. The topological polar surface area (TPSA) is 55.8 Å². The molecule has 0 heterocycles. The summed E-state index contributed by atoms with van der Waals surface area (Å²) in [7, 11) is 0. The fraction of sp³-hybridized carbons (Fsp3) is 0.800. The van der Waals surface area contributed by atoms with E-state index in [2.05, 4.69) is 74.6 Å². The van der Waals surface area contributed by atoms with Crippen molar-refractivity contribution in [3.8, 4) is 0 Å². The van der Waals surface area contributed by atoms with Crippen LogP contribution in [0.5, 0.6) is 0 Å². The second-order valence-corrected chi connectivity index (χ2v) is 17.2. The van der Waals surface area contributed by atoms with Gasteiger partial charge in [-0.05, 0) is 83.5 Å².